The highest BCUT2D eigenvalue weighted by Crippen LogP contribution is 2.40. The molecule has 1 atom stereocenters. The van der Waals surface area contributed by atoms with Gasteiger partial charge in [-0.2, -0.15) is 0 Å². The zero-order valence-corrected chi connectivity index (χ0v) is 16.8. The number of likely N-dealkylation sites (tertiary alicyclic amines) is 1. The van der Waals surface area contributed by atoms with Gasteiger partial charge in [0.05, 0.1) is 12.6 Å². The quantitative estimate of drug-likeness (QED) is 0.879. The molecule has 1 unspecified atom stereocenters. The van der Waals surface area contributed by atoms with Gasteiger partial charge in [-0.15, -0.1) is 0 Å². The van der Waals surface area contributed by atoms with Gasteiger partial charge in [0.15, 0.2) is 0 Å². The zero-order chi connectivity index (χ0) is 19.7. The number of aliphatic imine (C=N–C) groups is 1. The summed E-state index contributed by atoms with van der Waals surface area (Å²) in [4.78, 5) is 20.1. The molecule has 0 aromatic heterocycles. The predicted octanol–water partition coefficient (Wildman–Crippen LogP) is 4.03. The molecule has 1 fully saturated rings. The first-order valence-corrected chi connectivity index (χ1v) is 10.0. The second kappa shape index (κ2) is 7.63. The molecule has 0 radical (unpaired) electrons. The number of carbonyl (C=O) groups excluding carboxylic acids is 1. The number of fused-ring (bicyclic) bond motifs is 1. The Bertz CT molecular complexity index is 926. The van der Waals surface area contributed by atoms with Crippen LogP contribution in [0.4, 0.5) is 0 Å². The molecule has 0 spiro atoms. The first-order chi connectivity index (χ1) is 13.6. The number of amides is 1. The fourth-order valence-corrected chi connectivity index (χ4v) is 4.09. The Morgan fingerprint density at radius 2 is 1.82 bits per heavy atom. The van der Waals surface area contributed by atoms with Crippen LogP contribution < -0.4 is 5.32 Å². The van der Waals surface area contributed by atoms with Crippen LogP contribution in [-0.4, -0.2) is 29.6 Å². The van der Waals surface area contributed by atoms with E-state index in [1.165, 1.54) is 5.56 Å². The highest BCUT2D eigenvalue weighted by molar-refractivity contribution is 6.48. The standard InChI is InChI=1S/C24H27N3O/c1-16(2)21-20-22(26-14-13-25-21)24(28)27(15-18-7-5-4-6-8-18)23(20)19-11-9-17(3)10-12-19/h4-12,16,23,25H,13-15H2,1-3H3. The Morgan fingerprint density at radius 3 is 2.50 bits per heavy atom. The smallest absolute Gasteiger partial charge is 0.273 e. The summed E-state index contributed by atoms with van der Waals surface area (Å²) in [5.74, 6) is 0.335. The van der Waals surface area contributed by atoms with E-state index in [9.17, 15) is 4.79 Å². The van der Waals surface area contributed by atoms with Gasteiger partial charge in [0.2, 0.25) is 0 Å². The number of carbonyl (C=O) groups is 1. The molecule has 1 saturated heterocycles. The lowest BCUT2D eigenvalue weighted by Gasteiger charge is -2.27. The van der Waals surface area contributed by atoms with E-state index < -0.39 is 0 Å². The van der Waals surface area contributed by atoms with Gasteiger partial charge in [-0.3, -0.25) is 9.79 Å². The van der Waals surface area contributed by atoms with Crippen molar-refractivity contribution in [2.45, 2.75) is 33.4 Å². The van der Waals surface area contributed by atoms with Crippen LogP contribution in [0.2, 0.25) is 0 Å². The lowest BCUT2D eigenvalue weighted by molar-refractivity contribution is -0.124. The van der Waals surface area contributed by atoms with Crippen LogP contribution in [0.1, 0.15) is 36.6 Å². The third-order valence-electron chi connectivity index (χ3n) is 5.46. The van der Waals surface area contributed by atoms with Gasteiger partial charge in [-0.25, -0.2) is 0 Å². The molecular formula is C24H27N3O. The molecule has 1 amide bonds. The molecule has 4 nitrogen and oxygen atoms in total. The van der Waals surface area contributed by atoms with Crippen molar-refractivity contribution in [1.29, 1.82) is 0 Å². The number of nitrogens with zero attached hydrogens (tertiary/aromatic N) is 2. The van der Waals surface area contributed by atoms with E-state index in [1.807, 2.05) is 23.1 Å². The number of rotatable bonds is 4. The molecule has 2 aromatic rings. The maximum atomic E-state index is 13.4. The molecule has 0 saturated carbocycles. The van der Waals surface area contributed by atoms with Crippen molar-refractivity contribution in [3.05, 3.63) is 82.6 Å². The second-order valence-electron chi connectivity index (χ2n) is 7.87. The van der Waals surface area contributed by atoms with Gasteiger partial charge in [0.1, 0.15) is 5.71 Å². The first-order valence-electron chi connectivity index (χ1n) is 10.0. The van der Waals surface area contributed by atoms with Gasteiger partial charge in [0, 0.05) is 24.4 Å². The summed E-state index contributed by atoms with van der Waals surface area (Å²) < 4.78 is 0. The summed E-state index contributed by atoms with van der Waals surface area (Å²) in [5, 5.41) is 3.55. The summed E-state index contributed by atoms with van der Waals surface area (Å²) in [5.41, 5.74) is 6.31. The molecule has 2 aliphatic heterocycles. The largest absolute Gasteiger partial charge is 0.386 e. The second-order valence-corrected chi connectivity index (χ2v) is 7.87. The van der Waals surface area contributed by atoms with Crippen LogP contribution in [-0.2, 0) is 11.3 Å². The van der Waals surface area contributed by atoms with Crippen LogP contribution in [0.15, 0.2) is 70.9 Å². The van der Waals surface area contributed by atoms with E-state index in [1.54, 1.807) is 0 Å². The molecule has 4 rings (SSSR count). The molecule has 2 aliphatic rings. The number of allylic oxidation sites excluding steroid dienone is 1. The Morgan fingerprint density at radius 1 is 1.11 bits per heavy atom. The lowest BCUT2D eigenvalue weighted by Crippen LogP contribution is -2.30. The van der Waals surface area contributed by atoms with Crippen molar-refractivity contribution in [2.24, 2.45) is 10.9 Å². The molecule has 4 heteroatoms. The van der Waals surface area contributed by atoms with Crippen molar-refractivity contribution in [1.82, 2.24) is 10.2 Å². The van der Waals surface area contributed by atoms with Gasteiger partial charge in [-0.1, -0.05) is 74.0 Å². The van der Waals surface area contributed by atoms with E-state index in [4.69, 9.17) is 0 Å². The molecule has 1 N–H and O–H groups in total. The minimum atomic E-state index is -0.116. The van der Waals surface area contributed by atoms with Crippen molar-refractivity contribution < 1.29 is 4.79 Å². The Labute approximate surface area is 167 Å². The van der Waals surface area contributed by atoms with Gasteiger partial charge in [-0.05, 0) is 24.0 Å². The number of nitrogens with one attached hydrogen (secondary N) is 1. The van der Waals surface area contributed by atoms with Crippen molar-refractivity contribution in [3.8, 4) is 0 Å². The molecule has 2 heterocycles. The van der Waals surface area contributed by atoms with Crippen molar-refractivity contribution in [2.75, 3.05) is 13.1 Å². The molecular weight excluding hydrogens is 346 g/mol. The third kappa shape index (κ3) is 3.35. The zero-order valence-electron chi connectivity index (χ0n) is 16.8. The summed E-state index contributed by atoms with van der Waals surface area (Å²) in [6.07, 6.45) is 0. The van der Waals surface area contributed by atoms with E-state index >= 15 is 0 Å². The summed E-state index contributed by atoms with van der Waals surface area (Å²) in [6, 6.07) is 18.6. The van der Waals surface area contributed by atoms with Gasteiger partial charge in [0.25, 0.3) is 5.91 Å². The van der Waals surface area contributed by atoms with E-state index in [-0.39, 0.29) is 11.9 Å². The van der Waals surface area contributed by atoms with Gasteiger partial charge >= 0.3 is 0 Å². The van der Waals surface area contributed by atoms with Crippen molar-refractivity contribution >= 4 is 11.6 Å². The third-order valence-corrected chi connectivity index (χ3v) is 5.46. The van der Waals surface area contributed by atoms with Gasteiger partial charge < -0.3 is 10.2 Å². The average Bonchev–Trinajstić information content (AvgIpc) is 2.85. The minimum Gasteiger partial charge on any atom is -0.386 e. The average molecular weight is 374 g/mol. The summed E-state index contributed by atoms with van der Waals surface area (Å²) in [7, 11) is 0. The summed E-state index contributed by atoms with van der Waals surface area (Å²) >= 11 is 0. The first kappa shape index (κ1) is 18.5. The van der Waals surface area contributed by atoms with Crippen LogP contribution in [0.25, 0.3) is 0 Å². The van der Waals surface area contributed by atoms with Crippen LogP contribution in [0.3, 0.4) is 0 Å². The predicted molar refractivity (Wildman–Crippen MR) is 113 cm³/mol. The number of benzene rings is 2. The molecule has 144 valence electrons. The molecule has 28 heavy (non-hydrogen) atoms. The number of hydrogen-bond donors (Lipinski definition) is 1. The molecule has 2 aromatic carbocycles. The minimum absolute atomic E-state index is 0.0336. The van der Waals surface area contributed by atoms with Crippen LogP contribution in [0.5, 0.6) is 0 Å². The Balaban J connectivity index is 1.87. The van der Waals surface area contributed by atoms with E-state index in [0.29, 0.717) is 24.7 Å². The topological polar surface area (TPSA) is 44.7 Å². The highest BCUT2D eigenvalue weighted by Gasteiger charge is 2.44. The number of aryl methyl sites for hydroxylation is 1. The van der Waals surface area contributed by atoms with Crippen LogP contribution in [0, 0.1) is 12.8 Å². The normalized spacial score (nSPS) is 19.4. The fraction of sp³-hybridized carbons (Fsp3) is 0.333. The SMILES string of the molecule is Cc1ccc(C2C3=C(C(C)C)NCCN=C3C(=O)N2Cc2ccccc2)cc1. The highest BCUT2D eigenvalue weighted by atomic mass is 16.2. The monoisotopic (exact) mass is 373 g/mol. The maximum Gasteiger partial charge on any atom is 0.273 e. The maximum absolute atomic E-state index is 13.4. The fourth-order valence-electron chi connectivity index (χ4n) is 4.09. The lowest BCUT2D eigenvalue weighted by atomic mass is 9.92. The van der Waals surface area contributed by atoms with E-state index in [0.717, 1.165) is 28.9 Å². The summed E-state index contributed by atoms with van der Waals surface area (Å²) in [6.45, 7) is 8.41. The molecule has 0 bridgehead atoms. The van der Waals surface area contributed by atoms with E-state index in [2.05, 4.69) is 67.5 Å². The number of hydrogen-bond acceptors (Lipinski definition) is 3. The Kier molecular flexibility index (Phi) is 5.03. The van der Waals surface area contributed by atoms with Crippen molar-refractivity contribution in [3.63, 3.8) is 0 Å². The molecule has 0 aliphatic carbocycles. The van der Waals surface area contributed by atoms with Crippen LogP contribution >= 0.6 is 0 Å². The Hall–Kier alpha value is -2.88.